The van der Waals surface area contributed by atoms with Crippen molar-refractivity contribution in [2.75, 3.05) is 6.61 Å². The molecule has 1 heterocycles. The number of hydrogen-bond donors (Lipinski definition) is 1. The lowest BCUT2D eigenvalue weighted by atomic mass is 9.77. The number of carbonyl (C=O) groups excluding carboxylic acids is 5. The molecule has 1 fully saturated rings. The van der Waals surface area contributed by atoms with Crippen molar-refractivity contribution >= 4 is 41.5 Å². The first-order valence-corrected chi connectivity index (χ1v) is 15.2. The Bertz CT molecular complexity index is 1400. The molecule has 1 aliphatic heterocycles. The van der Waals surface area contributed by atoms with Crippen LogP contribution in [0.15, 0.2) is 53.4 Å². The Morgan fingerprint density at radius 2 is 1.41 bits per heavy atom. The van der Waals surface area contributed by atoms with Gasteiger partial charge in [-0.2, -0.15) is 0 Å². The third-order valence-corrected chi connectivity index (χ3v) is 8.47. The molecule has 0 bridgehead atoms. The maximum Gasteiger partial charge on any atom is 0.303 e. The van der Waals surface area contributed by atoms with Crippen LogP contribution in [0.4, 0.5) is 0 Å². The monoisotopic (exact) mass is 627 g/mol. The minimum atomic E-state index is -1.23. The Balaban J connectivity index is 1.67. The summed E-state index contributed by atoms with van der Waals surface area (Å²) in [6, 6.07) is 15.9. The lowest BCUT2D eigenvalue weighted by Crippen LogP contribution is -2.61. The molecule has 2 aromatic carbocycles. The van der Waals surface area contributed by atoms with Crippen LogP contribution < -0.4 is 5.32 Å². The molecular formula is C32H37NO10S. The number of rotatable bonds is 9. The third-order valence-electron chi connectivity index (χ3n) is 7.33. The molecule has 0 spiro atoms. The molecule has 1 N–H and O–H groups in total. The minimum Gasteiger partial charge on any atom is -0.463 e. The fourth-order valence-corrected chi connectivity index (χ4v) is 6.93. The van der Waals surface area contributed by atoms with Gasteiger partial charge < -0.3 is 29.0 Å². The molecule has 4 rings (SSSR count). The third kappa shape index (κ3) is 8.38. The zero-order chi connectivity index (χ0) is 32.0. The summed E-state index contributed by atoms with van der Waals surface area (Å²) in [6.07, 6.45) is -3.02. The zero-order valence-electron chi connectivity index (χ0n) is 25.3. The van der Waals surface area contributed by atoms with E-state index < -0.39 is 53.7 Å². The summed E-state index contributed by atoms with van der Waals surface area (Å²) in [5.74, 6) is -2.60. The van der Waals surface area contributed by atoms with E-state index in [-0.39, 0.29) is 24.5 Å². The molecule has 236 valence electrons. The van der Waals surface area contributed by atoms with Crippen molar-refractivity contribution in [2.24, 2.45) is 0 Å². The normalized spacial score (nSPS) is 26.0. The smallest absolute Gasteiger partial charge is 0.303 e. The molecule has 2 aliphatic rings. The highest BCUT2D eigenvalue weighted by Gasteiger charge is 2.52. The molecule has 0 unspecified atom stereocenters. The second kappa shape index (κ2) is 14.7. The molecule has 12 heteroatoms. The topological polar surface area (TPSA) is 144 Å². The van der Waals surface area contributed by atoms with Crippen molar-refractivity contribution in [1.82, 2.24) is 5.32 Å². The molecule has 1 aliphatic carbocycles. The van der Waals surface area contributed by atoms with Crippen LogP contribution in [0.2, 0.25) is 0 Å². The quantitative estimate of drug-likeness (QED) is 0.319. The Kier molecular flexibility index (Phi) is 11.0. The average Bonchev–Trinajstić information content (AvgIpc) is 2.94. The van der Waals surface area contributed by atoms with E-state index in [2.05, 4.69) is 11.4 Å². The van der Waals surface area contributed by atoms with Crippen LogP contribution in [0.3, 0.4) is 0 Å². The number of fused-ring (bicyclic) bond motifs is 1. The molecule has 0 aromatic heterocycles. The van der Waals surface area contributed by atoms with Crippen molar-refractivity contribution in [1.29, 1.82) is 0 Å². The van der Waals surface area contributed by atoms with Crippen LogP contribution in [0.5, 0.6) is 0 Å². The predicted molar refractivity (Wildman–Crippen MR) is 158 cm³/mol. The first-order chi connectivity index (χ1) is 20.9. The molecule has 1 saturated heterocycles. The summed E-state index contributed by atoms with van der Waals surface area (Å²) in [6.45, 7) is 6.05. The van der Waals surface area contributed by atoms with E-state index in [1.54, 1.807) is 0 Å². The number of ether oxygens (including phenoxy) is 5. The molecule has 0 saturated carbocycles. The van der Waals surface area contributed by atoms with Crippen molar-refractivity contribution in [3.63, 3.8) is 0 Å². The van der Waals surface area contributed by atoms with Crippen LogP contribution in [-0.2, 0) is 47.7 Å². The number of esters is 4. The van der Waals surface area contributed by atoms with E-state index in [1.165, 1.54) is 46.4 Å². The predicted octanol–water partition coefficient (Wildman–Crippen LogP) is 3.96. The van der Waals surface area contributed by atoms with Gasteiger partial charge in [-0.1, -0.05) is 48.2 Å². The van der Waals surface area contributed by atoms with E-state index in [0.29, 0.717) is 0 Å². The molecule has 11 nitrogen and oxygen atoms in total. The first-order valence-electron chi connectivity index (χ1n) is 14.4. The van der Waals surface area contributed by atoms with E-state index in [0.717, 1.165) is 34.4 Å². The first kappa shape index (κ1) is 33.0. The fraction of sp³-hybridized carbons (Fsp3) is 0.469. The van der Waals surface area contributed by atoms with Crippen LogP contribution >= 0.6 is 11.8 Å². The Morgan fingerprint density at radius 3 is 2.05 bits per heavy atom. The number of hydrogen-bond acceptors (Lipinski definition) is 11. The Labute approximate surface area is 260 Å². The Hall–Kier alpha value is -3.90. The second-order valence-electron chi connectivity index (χ2n) is 10.8. The standard InChI is InChI=1S/C32H37NO10S/c1-17(34)33-27-14-13-24(25-11-6-7-12-26(25)27)22-9-8-10-23(15-22)44-32-31(42-21(5)38)30(41-20(4)37)29(40-19(3)36)28(43-32)16-39-18(2)35/h6-12,15,24,27-32H,13-14,16H2,1-5H3,(H,33,34)/t24-,27-,28+,29+,30-,31+,32-/m0/s1. The highest BCUT2D eigenvalue weighted by Crippen LogP contribution is 2.43. The molecular weight excluding hydrogens is 590 g/mol. The number of carbonyl (C=O) groups is 5. The van der Waals surface area contributed by atoms with Crippen molar-refractivity contribution in [2.45, 2.75) is 94.2 Å². The van der Waals surface area contributed by atoms with Gasteiger partial charge in [-0.15, -0.1) is 0 Å². The number of thioether (sulfide) groups is 1. The van der Waals surface area contributed by atoms with Crippen LogP contribution in [-0.4, -0.2) is 66.2 Å². The number of amides is 1. The lowest BCUT2D eigenvalue weighted by molar-refractivity contribution is -0.237. The molecule has 1 amide bonds. The van der Waals surface area contributed by atoms with Crippen LogP contribution in [0, 0.1) is 0 Å². The zero-order valence-corrected chi connectivity index (χ0v) is 26.1. The van der Waals surface area contributed by atoms with Crippen molar-refractivity contribution in [3.8, 4) is 0 Å². The van der Waals surface area contributed by atoms with Crippen molar-refractivity contribution in [3.05, 3.63) is 65.2 Å². The minimum absolute atomic E-state index is 0.0600. The van der Waals surface area contributed by atoms with Gasteiger partial charge in [0.2, 0.25) is 5.91 Å². The van der Waals surface area contributed by atoms with Crippen LogP contribution in [0.1, 0.15) is 76.1 Å². The van der Waals surface area contributed by atoms with E-state index in [9.17, 15) is 24.0 Å². The summed E-state index contributed by atoms with van der Waals surface area (Å²) >= 11 is 1.24. The summed E-state index contributed by atoms with van der Waals surface area (Å²) in [5.41, 5.74) is 2.34. The second-order valence-corrected chi connectivity index (χ2v) is 11.9. The summed E-state index contributed by atoms with van der Waals surface area (Å²) in [7, 11) is 0. The van der Waals surface area contributed by atoms with Gasteiger partial charge in [-0.3, -0.25) is 24.0 Å². The largest absolute Gasteiger partial charge is 0.463 e. The van der Waals surface area contributed by atoms with Gasteiger partial charge in [-0.05, 0) is 41.7 Å². The average molecular weight is 628 g/mol. The maximum absolute atomic E-state index is 12.2. The van der Waals surface area contributed by atoms with Gasteiger partial charge in [0.1, 0.15) is 18.1 Å². The molecule has 0 radical (unpaired) electrons. The number of benzene rings is 2. The number of nitrogens with one attached hydrogen (secondary N) is 1. The van der Waals surface area contributed by atoms with E-state index in [1.807, 2.05) is 42.5 Å². The van der Waals surface area contributed by atoms with E-state index >= 15 is 0 Å². The highest BCUT2D eigenvalue weighted by atomic mass is 32.2. The van der Waals surface area contributed by atoms with Gasteiger partial charge in [0.05, 0.1) is 6.04 Å². The van der Waals surface area contributed by atoms with Gasteiger partial charge in [0.25, 0.3) is 0 Å². The van der Waals surface area contributed by atoms with Gasteiger partial charge in [0.15, 0.2) is 18.3 Å². The van der Waals surface area contributed by atoms with Crippen molar-refractivity contribution < 1.29 is 47.7 Å². The summed E-state index contributed by atoms with van der Waals surface area (Å²) in [5, 5.41) is 3.05. The van der Waals surface area contributed by atoms with Gasteiger partial charge >= 0.3 is 23.9 Å². The fourth-order valence-electron chi connectivity index (χ4n) is 5.75. The highest BCUT2D eigenvalue weighted by molar-refractivity contribution is 7.99. The maximum atomic E-state index is 12.2. The molecule has 2 aromatic rings. The molecule has 7 atom stereocenters. The molecule has 44 heavy (non-hydrogen) atoms. The summed E-state index contributed by atoms with van der Waals surface area (Å²) < 4.78 is 28.1. The SMILES string of the molecule is CC(=O)N[C@H]1CC[C@@H](c2cccc(S[C@@H]3O[C@H](COC(C)=O)[C@@H](OC(C)=O)[C@H](OC(C)=O)[C@H]3OC(C)=O)c2)c2ccccc21. The lowest BCUT2D eigenvalue weighted by Gasteiger charge is -2.44. The summed E-state index contributed by atoms with van der Waals surface area (Å²) in [4.78, 5) is 60.6. The van der Waals surface area contributed by atoms with E-state index in [4.69, 9.17) is 23.7 Å². The van der Waals surface area contributed by atoms with Gasteiger partial charge in [-0.25, -0.2) is 0 Å². The Morgan fingerprint density at radius 1 is 0.773 bits per heavy atom. The van der Waals surface area contributed by atoms with Gasteiger partial charge in [0, 0.05) is 45.4 Å². The van der Waals surface area contributed by atoms with Crippen LogP contribution in [0.25, 0.3) is 0 Å².